The first-order valence-electron chi connectivity index (χ1n) is 7.13. The van der Waals surface area contributed by atoms with Crippen LogP contribution < -0.4 is 14.9 Å². The lowest BCUT2D eigenvalue weighted by atomic mass is 10.2. The largest absolute Gasteiger partial charge is 0.378 e. The lowest BCUT2D eigenvalue weighted by molar-refractivity contribution is 0.485. The smallest absolute Gasteiger partial charge is 0.339 e. The standard InChI is InChI=1S/C16H16ClN3O3S2/c1-11-3-6-14(7-4-11)25(21,22)23-15-8-5-13(17)9-12(15)10-19-20-16(24)18-2/h3-10H,1-2H3,(H2,18,20,24)/b19-10+. The zero-order valence-electron chi connectivity index (χ0n) is 13.5. The van der Waals surface area contributed by atoms with Gasteiger partial charge in [-0.2, -0.15) is 13.5 Å². The van der Waals surface area contributed by atoms with Gasteiger partial charge < -0.3 is 9.50 Å². The Bertz CT molecular complexity index is 897. The Morgan fingerprint density at radius 1 is 1.24 bits per heavy atom. The van der Waals surface area contributed by atoms with Gasteiger partial charge >= 0.3 is 10.1 Å². The monoisotopic (exact) mass is 397 g/mol. The van der Waals surface area contributed by atoms with Crippen molar-refractivity contribution in [3.8, 4) is 5.75 Å². The Morgan fingerprint density at radius 3 is 2.56 bits per heavy atom. The summed E-state index contributed by atoms with van der Waals surface area (Å²) in [6, 6.07) is 10.9. The van der Waals surface area contributed by atoms with Crippen molar-refractivity contribution in [2.75, 3.05) is 7.05 Å². The second kappa shape index (κ2) is 8.28. The van der Waals surface area contributed by atoms with Crippen molar-refractivity contribution in [1.29, 1.82) is 0 Å². The molecule has 0 saturated heterocycles. The van der Waals surface area contributed by atoms with Gasteiger partial charge in [-0.15, -0.1) is 0 Å². The molecule has 0 aliphatic heterocycles. The van der Waals surface area contributed by atoms with Crippen molar-refractivity contribution in [1.82, 2.24) is 10.7 Å². The molecule has 132 valence electrons. The number of aryl methyl sites for hydroxylation is 1. The number of thiocarbonyl (C=S) groups is 1. The van der Waals surface area contributed by atoms with Crippen LogP contribution in [0, 0.1) is 6.92 Å². The van der Waals surface area contributed by atoms with Crippen LogP contribution in [0.15, 0.2) is 52.5 Å². The van der Waals surface area contributed by atoms with Gasteiger partial charge in [0.25, 0.3) is 0 Å². The Balaban J connectivity index is 2.29. The van der Waals surface area contributed by atoms with E-state index in [1.807, 2.05) is 6.92 Å². The van der Waals surface area contributed by atoms with Crippen LogP contribution in [0.5, 0.6) is 5.75 Å². The predicted molar refractivity (Wildman–Crippen MR) is 103 cm³/mol. The molecular weight excluding hydrogens is 382 g/mol. The van der Waals surface area contributed by atoms with Crippen LogP contribution in [0.25, 0.3) is 0 Å². The van der Waals surface area contributed by atoms with Gasteiger partial charge in [0.1, 0.15) is 4.90 Å². The fourth-order valence-corrected chi connectivity index (χ4v) is 2.97. The lowest BCUT2D eigenvalue weighted by Crippen LogP contribution is -2.28. The van der Waals surface area contributed by atoms with Crippen molar-refractivity contribution in [2.24, 2.45) is 5.10 Å². The predicted octanol–water partition coefficient (Wildman–Crippen LogP) is 2.84. The maximum Gasteiger partial charge on any atom is 0.339 e. The zero-order valence-corrected chi connectivity index (χ0v) is 15.9. The number of hydrogen-bond acceptors (Lipinski definition) is 5. The molecule has 2 rings (SSSR count). The maximum atomic E-state index is 12.4. The summed E-state index contributed by atoms with van der Waals surface area (Å²) in [7, 11) is -2.33. The quantitative estimate of drug-likeness (QED) is 0.349. The van der Waals surface area contributed by atoms with E-state index in [1.165, 1.54) is 36.5 Å². The normalized spacial score (nSPS) is 11.3. The summed E-state index contributed by atoms with van der Waals surface area (Å²) in [5, 5.41) is 7.34. The molecule has 0 radical (unpaired) electrons. The van der Waals surface area contributed by atoms with Crippen molar-refractivity contribution in [3.05, 3.63) is 58.6 Å². The first-order chi connectivity index (χ1) is 11.8. The second-order valence-corrected chi connectivity index (χ2v) is 7.37. The molecule has 0 aliphatic carbocycles. The third-order valence-electron chi connectivity index (χ3n) is 3.08. The average molecular weight is 398 g/mol. The highest BCUT2D eigenvalue weighted by atomic mass is 35.5. The molecule has 25 heavy (non-hydrogen) atoms. The summed E-state index contributed by atoms with van der Waals surface area (Å²) < 4.78 is 30.1. The Morgan fingerprint density at radius 2 is 1.92 bits per heavy atom. The van der Waals surface area contributed by atoms with Crippen molar-refractivity contribution in [3.63, 3.8) is 0 Å². The number of hydrogen-bond donors (Lipinski definition) is 2. The van der Waals surface area contributed by atoms with Crippen LogP contribution in [-0.4, -0.2) is 26.8 Å². The molecule has 0 unspecified atom stereocenters. The SMILES string of the molecule is CNC(=S)N/N=C/c1cc(Cl)ccc1OS(=O)(=O)c1ccc(C)cc1. The van der Waals surface area contributed by atoms with Crippen LogP contribution in [0.2, 0.25) is 5.02 Å². The minimum atomic E-state index is -3.97. The summed E-state index contributed by atoms with van der Waals surface area (Å²) in [4.78, 5) is 0.0606. The van der Waals surface area contributed by atoms with Crippen molar-refractivity contribution < 1.29 is 12.6 Å². The van der Waals surface area contributed by atoms with Gasteiger partial charge in [-0.05, 0) is 49.5 Å². The molecule has 0 heterocycles. The maximum absolute atomic E-state index is 12.4. The molecular formula is C16H16ClN3O3S2. The Labute approximate surface area is 157 Å². The second-order valence-electron chi connectivity index (χ2n) is 4.98. The highest BCUT2D eigenvalue weighted by molar-refractivity contribution is 7.87. The minimum Gasteiger partial charge on any atom is -0.378 e. The van der Waals surface area contributed by atoms with E-state index in [1.54, 1.807) is 19.2 Å². The molecule has 2 N–H and O–H groups in total. The van der Waals surface area contributed by atoms with E-state index in [0.29, 0.717) is 15.7 Å². The van der Waals surface area contributed by atoms with E-state index in [9.17, 15) is 8.42 Å². The van der Waals surface area contributed by atoms with E-state index >= 15 is 0 Å². The van der Waals surface area contributed by atoms with Crippen LogP contribution in [-0.2, 0) is 10.1 Å². The molecule has 2 aromatic carbocycles. The number of nitrogens with one attached hydrogen (secondary N) is 2. The summed E-state index contributed by atoms with van der Waals surface area (Å²) >= 11 is 10.9. The molecule has 2 aromatic rings. The zero-order chi connectivity index (χ0) is 18.4. The first-order valence-corrected chi connectivity index (χ1v) is 9.33. The Kier molecular flexibility index (Phi) is 6.35. The van der Waals surface area contributed by atoms with Crippen LogP contribution in [0.3, 0.4) is 0 Å². The molecule has 0 spiro atoms. The molecule has 0 amide bonds. The summed E-state index contributed by atoms with van der Waals surface area (Å²) in [5.74, 6) is 0.103. The average Bonchev–Trinajstić information content (AvgIpc) is 2.57. The summed E-state index contributed by atoms with van der Waals surface area (Å²) in [6.07, 6.45) is 1.37. The van der Waals surface area contributed by atoms with Gasteiger partial charge in [0, 0.05) is 17.6 Å². The third kappa shape index (κ3) is 5.42. The molecule has 9 heteroatoms. The van der Waals surface area contributed by atoms with Crippen molar-refractivity contribution >= 4 is 45.3 Å². The van der Waals surface area contributed by atoms with E-state index in [-0.39, 0.29) is 10.6 Å². The van der Waals surface area contributed by atoms with Crippen LogP contribution in [0.1, 0.15) is 11.1 Å². The van der Waals surface area contributed by atoms with Gasteiger partial charge in [0.05, 0.1) is 6.21 Å². The third-order valence-corrected chi connectivity index (χ3v) is 4.86. The highest BCUT2D eigenvalue weighted by Crippen LogP contribution is 2.25. The van der Waals surface area contributed by atoms with Crippen LogP contribution >= 0.6 is 23.8 Å². The van der Waals surface area contributed by atoms with Gasteiger partial charge in [-0.3, -0.25) is 5.43 Å². The fourth-order valence-electron chi connectivity index (χ4n) is 1.78. The van der Waals surface area contributed by atoms with Gasteiger partial charge in [-0.1, -0.05) is 29.3 Å². The molecule has 0 atom stereocenters. The van der Waals surface area contributed by atoms with Crippen LogP contribution in [0.4, 0.5) is 0 Å². The molecule has 0 saturated carbocycles. The van der Waals surface area contributed by atoms with E-state index in [2.05, 4.69) is 15.8 Å². The summed E-state index contributed by atoms with van der Waals surface area (Å²) in [6.45, 7) is 1.87. The van der Waals surface area contributed by atoms with E-state index < -0.39 is 10.1 Å². The van der Waals surface area contributed by atoms with E-state index in [0.717, 1.165) is 5.56 Å². The highest BCUT2D eigenvalue weighted by Gasteiger charge is 2.18. The summed E-state index contributed by atoms with van der Waals surface area (Å²) in [5.41, 5.74) is 3.90. The number of halogens is 1. The number of benzene rings is 2. The molecule has 0 fully saturated rings. The number of hydrazone groups is 1. The Hall–Kier alpha value is -2.16. The lowest BCUT2D eigenvalue weighted by Gasteiger charge is -2.10. The van der Waals surface area contributed by atoms with Gasteiger partial charge in [0.15, 0.2) is 10.9 Å². The number of rotatable bonds is 5. The topological polar surface area (TPSA) is 79.8 Å². The van der Waals surface area contributed by atoms with E-state index in [4.69, 9.17) is 28.0 Å². The molecule has 0 bridgehead atoms. The minimum absolute atomic E-state index is 0.0606. The molecule has 6 nitrogen and oxygen atoms in total. The fraction of sp³-hybridized carbons (Fsp3) is 0.125. The molecule has 0 aliphatic rings. The molecule has 0 aromatic heterocycles. The van der Waals surface area contributed by atoms with Crippen molar-refractivity contribution in [2.45, 2.75) is 11.8 Å². The first kappa shape index (κ1) is 19.2. The number of nitrogens with zero attached hydrogens (tertiary/aromatic N) is 1. The van der Waals surface area contributed by atoms with Gasteiger partial charge in [0.2, 0.25) is 0 Å². The van der Waals surface area contributed by atoms with Gasteiger partial charge in [-0.25, -0.2) is 0 Å².